The normalized spacial score (nSPS) is 34.2. The maximum atomic E-state index is 12.4. The zero-order valence-electron chi connectivity index (χ0n) is 12.5. The third-order valence-corrected chi connectivity index (χ3v) is 4.90. The third kappa shape index (κ3) is 2.18. The number of carboxylic acid groups (broad SMARTS) is 1. The summed E-state index contributed by atoms with van der Waals surface area (Å²) in [5.41, 5.74) is -1.73. The lowest BCUT2D eigenvalue weighted by atomic mass is 9.52. The van der Waals surface area contributed by atoms with Crippen molar-refractivity contribution in [3.8, 4) is 0 Å². The van der Waals surface area contributed by atoms with E-state index in [1.165, 1.54) is 21.1 Å². The number of rotatable bonds is 5. The summed E-state index contributed by atoms with van der Waals surface area (Å²) in [6, 6.07) is 0. The third-order valence-electron chi connectivity index (χ3n) is 4.90. The SMILES string of the molecule is COC(=O)[C@@]1(CC(=O)O)C[C@H]2CC[C@]1(OC)C=C2C(C)=O. The summed E-state index contributed by atoms with van der Waals surface area (Å²) in [5.74, 6) is -1.84. The molecular weight excluding hydrogens is 276 g/mol. The van der Waals surface area contributed by atoms with Crippen molar-refractivity contribution in [1.29, 1.82) is 0 Å². The van der Waals surface area contributed by atoms with Crippen LogP contribution in [0.4, 0.5) is 0 Å². The fraction of sp³-hybridized carbons (Fsp3) is 0.667. The van der Waals surface area contributed by atoms with E-state index in [0.717, 1.165) is 0 Å². The minimum Gasteiger partial charge on any atom is -0.481 e. The van der Waals surface area contributed by atoms with Gasteiger partial charge in [0.25, 0.3) is 0 Å². The molecule has 0 aromatic carbocycles. The maximum absolute atomic E-state index is 12.4. The first-order valence-corrected chi connectivity index (χ1v) is 6.91. The van der Waals surface area contributed by atoms with E-state index in [2.05, 4.69) is 0 Å². The van der Waals surface area contributed by atoms with Crippen LogP contribution in [0.3, 0.4) is 0 Å². The average Bonchev–Trinajstić information content (AvgIpc) is 2.46. The molecule has 21 heavy (non-hydrogen) atoms. The number of allylic oxidation sites excluding steroid dienone is 1. The van der Waals surface area contributed by atoms with E-state index in [1.807, 2.05) is 0 Å². The second-order valence-corrected chi connectivity index (χ2v) is 5.83. The van der Waals surface area contributed by atoms with Crippen molar-refractivity contribution in [2.24, 2.45) is 11.3 Å². The number of carbonyl (C=O) groups is 3. The van der Waals surface area contributed by atoms with Gasteiger partial charge >= 0.3 is 11.9 Å². The number of ether oxygens (including phenoxy) is 2. The monoisotopic (exact) mass is 296 g/mol. The fourth-order valence-electron chi connectivity index (χ4n) is 3.92. The Hall–Kier alpha value is -1.69. The number of hydrogen-bond donors (Lipinski definition) is 1. The van der Waals surface area contributed by atoms with Crippen molar-refractivity contribution in [1.82, 2.24) is 0 Å². The number of carbonyl (C=O) groups excluding carboxylic acids is 2. The molecule has 0 aromatic rings. The zero-order chi connectivity index (χ0) is 15.8. The number of carboxylic acids is 1. The highest BCUT2D eigenvalue weighted by Crippen LogP contribution is 2.58. The van der Waals surface area contributed by atoms with Gasteiger partial charge in [-0.1, -0.05) is 0 Å². The molecule has 0 aromatic heterocycles. The summed E-state index contributed by atoms with van der Waals surface area (Å²) in [6.07, 6.45) is 2.77. The summed E-state index contributed by atoms with van der Waals surface area (Å²) >= 11 is 0. The predicted molar refractivity (Wildman–Crippen MR) is 72.5 cm³/mol. The van der Waals surface area contributed by atoms with Crippen LogP contribution in [0.15, 0.2) is 11.6 Å². The molecule has 3 atom stereocenters. The molecule has 2 bridgehead atoms. The molecule has 3 aliphatic carbocycles. The Morgan fingerprint density at radius 3 is 2.52 bits per heavy atom. The minimum atomic E-state index is -1.27. The van der Waals surface area contributed by atoms with E-state index in [0.29, 0.717) is 18.4 Å². The summed E-state index contributed by atoms with van der Waals surface area (Å²) in [7, 11) is 2.69. The predicted octanol–water partition coefficient (Wildman–Crippen LogP) is 1.33. The van der Waals surface area contributed by atoms with Gasteiger partial charge in [0.15, 0.2) is 5.78 Å². The van der Waals surface area contributed by atoms with Gasteiger partial charge in [-0.05, 0) is 43.8 Å². The quantitative estimate of drug-likeness (QED) is 0.770. The zero-order valence-corrected chi connectivity index (χ0v) is 12.5. The van der Waals surface area contributed by atoms with Gasteiger partial charge in [-0.25, -0.2) is 0 Å². The van der Waals surface area contributed by atoms with Crippen LogP contribution in [-0.2, 0) is 23.9 Å². The molecule has 0 radical (unpaired) electrons. The van der Waals surface area contributed by atoms with Gasteiger partial charge in [0, 0.05) is 7.11 Å². The van der Waals surface area contributed by atoms with Crippen molar-refractivity contribution < 1.29 is 29.0 Å². The maximum Gasteiger partial charge on any atom is 0.315 e. The molecule has 0 saturated heterocycles. The summed E-state index contributed by atoms with van der Waals surface area (Å²) in [4.78, 5) is 35.4. The fourth-order valence-corrected chi connectivity index (χ4v) is 3.92. The van der Waals surface area contributed by atoms with E-state index in [4.69, 9.17) is 9.47 Å². The molecule has 1 N–H and O–H groups in total. The first-order valence-electron chi connectivity index (χ1n) is 6.91. The lowest BCUT2D eigenvalue weighted by molar-refractivity contribution is -0.190. The largest absolute Gasteiger partial charge is 0.481 e. The minimum absolute atomic E-state index is 0.0603. The summed E-state index contributed by atoms with van der Waals surface area (Å²) in [6.45, 7) is 1.48. The highest BCUT2D eigenvalue weighted by atomic mass is 16.5. The Labute approximate surface area is 123 Å². The molecule has 3 rings (SSSR count). The van der Waals surface area contributed by atoms with Gasteiger partial charge in [0.05, 0.1) is 13.5 Å². The van der Waals surface area contributed by atoms with Crippen LogP contribution in [0.2, 0.25) is 0 Å². The second kappa shape index (κ2) is 5.26. The molecule has 0 amide bonds. The van der Waals surface area contributed by atoms with Crippen LogP contribution >= 0.6 is 0 Å². The molecule has 0 aliphatic heterocycles. The lowest BCUT2D eigenvalue weighted by Gasteiger charge is -2.54. The lowest BCUT2D eigenvalue weighted by Crippen LogP contribution is -2.61. The second-order valence-electron chi connectivity index (χ2n) is 5.83. The Morgan fingerprint density at radius 2 is 2.05 bits per heavy atom. The van der Waals surface area contributed by atoms with Crippen molar-refractivity contribution in [3.63, 3.8) is 0 Å². The van der Waals surface area contributed by atoms with Crippen LogP contribution in [-0.4, -0.2) is 42.6 Å². The first-order chi connectivity index (χ1) is 9.82. The van der Waals surface area contributed by atoms with E-state index >= 15 is 0 Å². The van der Waals surface area contributed by atoms with Crippen molar-refractivity contribution in [2.45, 2.75) is 38.2 Å². The van der Waals surface area contributed by atoms with Crippen LogP contribution in [0.5, 0.6) is 0 Å². The van der Waals surface area contributed by atoms with Crippen molar-refractivity contribution in [3.05, 3.63) is 11.6 Å². The van der Waals surface area contributed by atoms with Crippen LogP contribution in [0, 0.1) is 11.3 Å². The molecule has 6 nitrogen and oxygen atoms in total. The molecule has 0 unspecified atom stereocenters. The Morgan fingerprint density at radius 1 is 1.38 bits per heavy atom. The topological polar surface area (TPSA) is 89.9 Å². The Bertz CT molecular complexity index is 522. The highest BCUT2D eigenvalue weighted by molar-refractivity contribution is 5.96. The number of fused-ring (bicyclic) bond motifs is 2. The molecular formula is C15H20O6. The van der Waals surface area contributed by atoms with E-state index in [1.54, 1.807) is 6.08 Å². The first kappa shape index (κ1) is 15.7. The van der Waals surface area contributed by atoms with Gasteiger partial charge in [0.1, 0.15) is 11.0 Å². The average molecular weight is 296 g/mol. The van der Waals surface area contributed by atoms with Gasteiger partial charge in [-0.2, -0.15) is 0 Å². The number of aliphatic carboxylic acids is 1. The van der Waals surface area contributed by atoms with E-state index < -0.39 is 23.0 Å². The number of methoxy groups -OCH3 is 2. The number of Topliss-reactive ketones (excluding diaryl/α,β-unsaturated/α-hetero) is 1. The van der Waals surface area contributed by atoms with E-state index in [-0.39, 0.29) is 24.5 Å². The van der Waals surface area contributed by atoms with Crippen LogP contribution in [0.1, 0.15) is 32.6 Å². The van der Waals surface area contributed by atoms with Crippen LogP contribution < -0.4 is 0 Å². The molecule has 1 fully saturated rings. The summed E-state index contributed by atoms with van der Waals surface area (Å²) < 4.78 is 10.5. The van der Waals surface area contributed by atoms with Gasteiger partial charge < -0.3 is 14.6 Å². The highest BCUT2D eigenvalue weighted by Gasteiger charge is 2.64. The molecule has 0 spiro atoms. The molecule has 116 valence electrons. The standard InChI is InChI=1S/C15H20O6/c1-9(16)11-7-15(21-3)5-4-10(11)6-14(15,8-12(17)18)13(19)20-2/h7,10H,4-6,8H2,1-3H3,(H,17,18)/t10-,14+,15+/m1/s1. The Kier molecular flexibility index (Phi) is 3.93. The molecule has 6 heteroatoms. The number of ketones is 1. The summed E-state index contributed by atoms with van der Waals surface area (Å²) in [5, 5.41) is 9.24. The Balaban J connectivity index is 2.60. The molecule has 1 saturated carbocycles. The van der Waals surface area contributed by atoms with E-state index in [9.17, 15) is 19.5 Å². The van der Waals surface area contributed by atoms with Gasteiger partial charge in [0.2, 0.25) is 0 Å². The van der Waals surface area contributed by atoms with Crippen molar-refractivity contribution >= 4 is 17.7 Å². The van der Waals surface area contributed by atoms with Gasteiger partial charge in [-0.15, -0.1) is 0 Å². The van der Waals surface area contributed by atoms with Crippen LogP contribution in [0.25, 0.3) is 0 Å². The number of hydrogen-bond acceptors (Lipinski definition) is 5. The van der Waals surface area contributed by atoms with Gasteiger partial charge in [-0.3, -0.25) is 14.4 Å². The number of esters is 1. The smallest absolute Gasteiger partial charge is 0.315 e. The van der Waals surface area contributed by atoms with Crippen molar-refractivity contribution in [2.75, 3.05) is 14.2 Å². The molecule has 0 heterocycles. The molecule has 3 aliphatic rings.